The van der Waals surface area contributed by atoms with Gasteiger partial charge in [0.25, 0.3) is 0 Å². The summed E-state index contributed by atoms with van der Waals surface area (Å²) < 4.78 is 19.1. The van der Waals surface area contributed by atoms with Crippen LogP contribution in [0.5, 0.6) is 5.75 Å². The van der Waals surface area contributed by atoms with Gasteiger partial charge in [0, 0.05) is 23.0 Å². The van der Waals surface area contributed by atoms with Gasteiger partial charge in [0.1, 0.15) is 18.2 Å². The zero-order valence-corrected chi connectivity index (χ0v) is 13.6. The third-order valence-electron chi connectivity index (χ3n) is 3.87. The summed E-state index contributed by atoms with van der Waals surface area (Å²) in [6.45, 7) is 0.923. The smallest absolute Gasteiger partial charge is 0.123 e. The molecule has 5 heteroatoms. The summed E-state index contributed by atoms with van der Waals surface area (Å²) in [5.74, 6) is 1.61. The van der Waals surface area contributed by atoms with Crippen molar-refractivity contribution < 1.29 is 14.2 Å². The fourth-order valence-electron chi connectivity index (χ4n) is 2.76. The molecule has 0 radical (unpaired) electrons. The van der Waals surface area contributed by atoms with Crippen molar-refractivity contribution in [2.45, 2.75) is 23.9 Å². The van der Waals surface area contributed by atoms with Crippen LogP contribution in [0.25, 0.3) is 0 Å². The number of aliphatic hydroxyl groups excluding tert-OH is 1. The maximum Gasteiger partial charge on any atom is 0.123 e. The van der Waals surface area contributed by atoms with E-state index < -0.39 is 0 Å². The van der Waals surface area contributed by atoms with Gasteiger partial charge in [-0.05, 0) is 42.0 Å². The second-order valence-electron chi connectivity index (χ2n) is 5.43. The first-order valence-electron chi connectivity index (χ1n) is 7.75. The first-order chi connectivity index (χ1) is 11.3. The zero-order chi connectivity index (χ0) is 16.1. The number of fused-ring (bicyclic) bond motifs is 1. The van der Waals surface area contributed by atoms with E-state index in [1.165, 1.54) is 6.07 Å². The molecule has 1 heterocycles. The molecule has 1 aliphatic heterocycles. The zero-order valence-electron chi connectivity index (χ0n) is 12.8. The summed E-state index contributed by atoms with van der Waals surface area (Å²) in [6, 6.07) is 12.9. The van der Waals surface area contributed by atoms with Crippen LogP contribution in [0.1, 0.15) is 23.6 Å². The van der Waals surface area contributed by atoms with Crippen molar-refractivity contribution in [3.8, 4) is 5.75 Å². The Morgan fingerprint density at radius 1 is 1.26 bits per heavy atom. The van der Waals surface area contributed by atoms with Crippen molar-refractivity contribution in [3.05, 3.63) is 59.4 Å². The highest BCUT2D eigenvalue weighted by molar-refractivity contribution is 7.99. The van der Waals surface area contributed by atoms with E-state index in [-0.39, 0.29) is 25.1 Å². The first kappa shape index (κ1) is 16.3. The second-order valence-corrected chi connectivity index (χ2v) is 6.57. The van der Waals surface area contributed by atoms with Gasteiger partial charge in [0.2, 0.25) is 0 Å². The van der Waals surface area contributed by atoms with Gasteiger partial charge in [-0.1, -0.05) is 18.2 Å². The highest BCUT2D eigenvalue weighted by Crippen LogP contribution is 2.36. The predicted molar refractivity (Wildman–Crippen MR) is 90.3 cm³/mol. The Labute approximate surface area is 139 Å². The molecule has 3 rings (SSSR count). The van der Waals surface area contributed by atoms with E-state index in [2.05, 4.69) is 5.32 Å². The van der Waals surface area contributed by atoms with Crippen LogP contribution in [0, 0.1) is 5.82 Å². The maximum atomic E-state index is 13.6. The minimum Gasteiger partial charge on any atom is -0.491 e. The highest BCUT2D eigenvalue weighted by Gasteiger charge is 2.21. The molecule has 0 aliphatic carbocycles. The third kappa shape index (κ3) is 4.05. The molecule has 0 spiro atoms. The van der Waals surface area contributed by atoms with Crippen molar-refractivity contribution in [2.75, 3.05) is 19.0 Å². The van der Waals surface area contributed by atoms with Gasteiger partial charge in [0.15, 0.2) is 0 Å². The molecule has 3 nitrogen and oxygen atoms in total. The topological polar surface area (TPSA) is 41.5 Å². The summed E-state index contributed by atoms with van der Waals surface area (Å²) >= 11 is 1.78. The Bertz CT molecular complexity index is 665. The van der Waals surface area contributed by atoms with Crippen LogP contribution < -0.4 is 10.1 Å². The van der Waals surface area contributed by atoms with E-state index >= 15 is 0 Å². The Balaban J connectivity index is 1.71. The minimum atomic E-state index is -0.190. The average Bonchev–Trinajstić information content (AvgIpc) is 2.59. The van der Waals surface area contributed by atoms with Gasteiger partial charge in [-0.3, -0.25) is 0 Å². The van der Waals surface area contributed by atoms with Gasteiger partial charge in [-0.2, -0.15) is 0 Å². The molecule has 2 aromatic rings. The molecule has 0 saturated carbocycles. The van der Waals surface area contributed by atoms with Crippen LogP contribution in [-0.2, 0) is 6.54 Å². The van der Waals surface area contributed by atoms with Crippen molar-refractivity contribution >= 4 is 11.8 Å². The number of thioether (sulfide) groups is 1. The summed E-state index contributed by atoms with van der Waals surface area (Å²) in [5, 5.41) is 12.4. The number of nitrogens with one attached hydrogen (secondary N) is 1. The summed E-state index contributed by atoms with van der Waals surface area (Å²) in [7, 11) is 0. The molecular formula is C18H20FNO2S. The largest absolute Gasteiger partial charge is 0.491 e. The van der Waals surface area contributed by atoms with Gasteiger partial charge in [-0.25, -0.2) is 4.39 Å². The molecule has 1 aliphatic rings. The lowest BCUT2D eigenvalue weighted by atomic mass is 10.0. The number of halogens is 1. The first-order valence-corrected chi connectivity index (χ1v) is 8.73. The highest BCUT2D eigenvalue weighted by atomic mass is 32.2. The van der Waals surface area contributed by atoms with Crippen molar-refractivity contribution in [1.29, 1.82) is 0 Å². The lowest BCUT2D eigenvalue weighted by Crippen LogP contribution is -2.24. The molecule has 0 unspecified atom stereocenters. The molecule has 0 fully saturated rings. The third-order valence-corrected chi connectivity index (χ3v) is 4.99. The van der Waals surface area contributed by atoms with Gasteiger partial charge >= 0.3 is 0 Å². The van der Waals surface area contributed by atoms with Crippen molar-refractivity contribution in [1.82, 2.24) is 5.32 Å². The van der Waals surface area contributed by atoms with Gasteiger partial charge in [-0.15, -0.1) is 11.8 Å². The number of aliphatic hydroxyl groups is 1. The Morgan fingerprint density at radius 3 is 3.00 bits per heavy atom. The monoisotopic (exact) mass is 333 g/mol. The van der Waals surface area contributed by atoms with Gasteiger partial charge in [0.05, 0.1) is 6.61 Å². The molecule has 2 aromatic carbocycles. The summed E-state index contributed by atoms with van der Waals surface area (Å²) in [4.78, 5) is 1.15. The normalized spacial score (nSPS) is 16.9. The quantitative estimate of drug-likeness (QED) is 0.849. The van der Waals surface area contributed by atoms with Crippen LogP contribution in [0.4, 0.5) is 4.39 Å². The number of ether oxygens (including phenoxy) is 1. The lowest BCUT2D eigenvalue weighted by molar-refractivity contribution is 0.200. The van der Waals surface area contributed by atoms with E-state index in [0.29, 0.717) is 6.54 Å². The van der Waals surface area contributed by atoms with Crippen LogP contribution >= 0.6 is 11.8 Å². The van der Waals surface area contributed by atoms with E-state index in [1.54, 1.807) is 17.8 Å². The van der Waals surface area contributed by atoms with Gasteiger partial charge < -0.3 is 15.2 Å². The Morgan fingerprint density at radius 2 is 2.13 bits per heavy atom. The van der Waals surface area contributed by atoms with E-state index in [4.69, 9.17) is 9.84 Å². The molecule has 0 amide bonds. The SMILES string of the molecule is OCCOc1ccccc1CN[C@H]1CCSc2ccc(F)cc21. The average molecular weight is 333 g/mol. The summed E-state index contributed by atoms with van der Waals surface area (Å²) in [6.07, 6.45) is 0.973. The van der Waals surface area contributed by atoms with Crippen molar-refractivity contribution in [3.63, 3.8) is 0 Å². The molecule has 0 bridgehead atoms. The fourth-order valence-corrected chi connectivity index (χ4v) is 3.86. The number of rotatable bonds is 6. The number of hydrogen-bond donors (Lipinski definition) is 2. The number of hydrogen-bond acceptors (Lipinski definition) is 4. The Kier molecular flexibility index (Phi) is 5.54. The van der Waals surface area contributed by atoms with Crippen LogP contribution in [0.15, 0.2) is 47.4 Å². The van der Waals surface area contributed by atoms with E-state index in [0.717, 1.165) is 33.9 Å². The fraction of sp³-hybridized carbons (Fsp3) is 0.333. The maximum absolute atomic E-state index is 13.6. The Hall–Kier alpha value is -1.56. The molecule has 0 aromatic heterocycles. The summed E-state index contributed by atoms with van der Waals surface area (Å²) in [5.41, 5.74) is 2.08. The van der Waals surface area contributed by atoms with Crippen LogP contribution in [0.2, 0.25) is 0 Å². The number of benzene rings is 2. The lowest BCUT2D eigenvalue weighted by Gasteiger charge is -2.26. The molecule has 0 saturated heterocycles. The predicted octanol–water partition coefficient (Wildman–Crippen LogP) is 3.52. The van der Waals surface area contributed by atoms with E-state index in [9.17, 15) is 4.39 Å². The molecule has 122 valence electrons. The van der Waals surface area contributed by atoms with Crippen molar-refractivity contribution in [2.24, 2.45) is 0 Å². The number of para-hydroxylation sites is 1. The van der Waals surface area contributed by atoms with E-state index in [1.807, 2.05) is 30.3 Å². The molecule has 1 atom stereocenters. The molecule has 2 N–H and O–H groups in total. The molecular weight excluding hydrogens is 313 g/mol. The van der Waals surface area contributed by atoms with Crippen LogP contribution in [-0.4, -0.2) is 24.1 Å². The standard InChI is InChI=1S/C18H20FNO2S/c19-14-5-6-18-15(11-14)16(7-10-23-18)20-12-13-3-1-2-4-17(13)22-9-8-21/h1-6,11,16,20-21H,7-10,12H2/t16-/m0/s1. The second kappa shape index (κ2) is 7.81. The minimum absolute atomic E-state index is 0.00569. The van der Waals surface area contributed by atoms with Crippen LogP contribution in [0.3, 0.4) is 0 Å². The molecule has 23 heavy (non-hydrogen) atoms.